The number of benzene rings is 1. The third-order valence-electron chi connectivity index (χ3n) is 4.57. The van der Waals surface area contributed by atoms with E-state index in [4.69, 9.17) is 4.74 Å². The fourth-order valence-corrected chi connectivity index (χ4v) is 3.17. The first-order chi connectivity index (χ1) is 12.1. The summed E-state index contributed by atoms with van der Waals surface area (Å²) in [6.07, 6.45) is 1.48. The normalized spacial score (nSPS) is 18.2. The van der Waals surface area contributed by atoms with E-state index >= 15 is 0 Å². The highest BCUT2D eigenvalue weighted by Crippen LogP contribution is 2.30. The second-order valence-corrected chi connectivity index (χ2v) is 6.71. The van der Waals surface area contributed by atoms with Crippen molar-refractivity contribution in [2.75, 3.05) is 24.6 Å². The Morgan fingerprint density at radius 2 is 2.16 bits per heavy atom. The number of aryl methyl sites for hydroxylation is 1. The predicted octanol–water partition coefficient (Wildman–Crippen LogP) is 2.76. The van der Waals surface area contributed by atoms with Crippen LogP contribution in [0.1, 0.15) is 43.1 Å². The number of aromatic amines is 1. The largest absolute Gasteiger partial charge is 0.366 e. The Morgan fingerprint density at radius 1 is 1.28 bits per heavy atom. The Balaban J connectivity index is 1.69. The Labute approximate surface area is 146 Å². The molecule has 1 fully saturated rings. The lowest BCUT2D eigenvalue weighted by molar-refractivity contribution is 0.0340. The van der Waals surface area contributed by atoms with Gasteiger partial charge < -0.3 is 9.64 Å². The minimum atomic E-state index is -0.156. The van der Waals surface area contributed by atoms with Crippen LogP contribution in [0.15, 0.2) is 24.5 Å². The van der Waals surface area contributed by atoms with Crippen molar-refractivity contribution in [3.8, 4) is 0 Å². The third kappa shape index (κ3) is 3.07. The molecule has 1 N–H and O–H groups in total. The number of anilines is 1. The summed E-state index contributed by atoms with van der Waals surface area (Å²) in [5.74, 6) is 2.91. The Morgan fingerprint density at radius 3 is 2.92 bits per heavy atom. The van der Waals surface area contributed by atoms with E-state index < -0.39 is 0 Å². The molecule has 25 heavy (non-hydrogen) atoms. The molecule has 0 amide bonds. The number of rotatable bonds is 3. The van der Waals surface area contributed by atoms with Crippen molar-refractivity contribution in [1.29, 1.82) is 0 Å². The highest BCUT2D eigenvalue weighted by atomic mass is 16.5. The predicted molar refractivity (Wildman–Crippen MR) is 95.7 cm³/mol. The van der Waals surface area contributed by atoms with Gasteiger partial charge in [-0.05, 0) is 30.5 Å². The summed E-state index contributed by atoms with van der Waals surface area (Å²) in [7, 11) is 0. The third-order valence-corrected chi connectivity index (χ3v) is 4.57. The van der Waals surface area contributed by atoms with Crippen molar-refractivity contribution in [2.24, 2.45) is 0 Å². The van der Waals surface area contributed by atoms with Crippen molar-refractivity contribution < 1.29 is 4.74 Å². The summed E-state index contributed by atoms with van der Waals surface area (Å²) in [4.78, 5) is 15.6. The van der Waals surface area contributed by atoms with Crippen LogP contribution < -0.4 is 4.90 Å². The maximum atomic E-state index is 5.87. The van der Waals surface area contributed by atoms with Gasteiger partial charge in [-0.25, -0.2) is 15.0 Å². The zero-order valence-electron chi connectivity index (χ0n) is 14.7. The number of nitrogens with zero attached hydrogens (tertiary/aromatic N) is 5. The topological polar surface area (TPSA) is 79.8 Å². The first kappa shape index (κ1) is 16.0. The van der Waals surface area contributed by atoms with E-state index in [0.29, 0.717) is 24.9 Å². The molecule has 1 aromatic carbocycles. The minimum absolute atomic E-state index is 0.156. The van der Waals surface area contributed by atoms with E-state index in [0.717, 1.165) is 29.1 Å². The SMILES string of the molecule is Cc1nc(C2CN(c3ncnc4ccc(C(C)C)cc34)CCO2)n[nH]1. The van der Waals surface area contributed by atoms with Crippen LogP contribution in [0.25, 0.3) is 10.9 Å². The number of hydrogen-bond donors (Lipinski definition) is 1. The van der Waals surface area contributed by atoms with Gasteiger partial charge in [0, 0.05) is 11.9 Å². The number of nitrogens with one attached hydrogen (secondary N) is 1. The van der Waals surface area contributed by atoms with Crippen molar-refractivity contribution in [3.63, 3.8) is 0 Å². The molecule has 4 rings (SSSR count). The second kappa shape index (κ2) is 6.40. The van der Waals surface area contributed by atoms with Crippen LogP contribution in [0.2, 0.25) is 0 Å². The number of hydrogen-bond acceptors (Lipinski definition) is 6. The fourth-order valence-electron chi connectivity index (χ4n) is 3.17. The Kier molecular flexibility index (Phi) is 4.09. The smallest absolute Gasteiger partial charge is 0.181 e. The molecule has 3 aromatic rings. The van der Waals surface area contributed by atoms with Crippen LogP contribution in [-0.4, -0.2) is 44.8 Å². The molecular weight excluding hydrogens is 316 g/mol. The molecule has 3 heterocycles. The van der Waals surface area contributed by atoms with Crippen molar-refractivity contribution in [3.05, 3.63) is 41.7 Å². The molecule has 1 aliphatic rings. The van der Waals surface area contributed by atoms with Gasteiger partial charge >= 0.3 is 0 Å². The maximum Gasteiger partial charge on any atom is 0.181 e. The summed E-state index contributed by atoms with van der Waals surface area (Å²) in [6.45, 7) is 8.37. The Bertz CT molecular complexity index is 890. The van der Waals surface area contributed by atoms with Crippen LogP contribution in [0.3, 0.4) is 0 Å². The molecule has 0 aliphatic carbocycles. The lowest BCUT2D eigenvalue weighted by atomic mass is 10.0. The lowest BCUT2D eigenvalue weighted by Gasteiger charge is -2.33. The van der Waals surface area contributed by atoms with Crippen molar-refractivity contribution >= 4 is 16.7 Å². The number of morpholine rings is 1. The number of fused-ring (bicyclic) bond motifs is 1. The maximum absolute atomic E-state index is 5.87. The van der Waals surface area contributed by atoms with Gasteiger partial charge in [-0.15, -0.1) is 0 Å². The van der Waals surface area contributed by atoms with E-state index in [1.807, 2.05) is 6.92 Å². The summed E-state index contributed by atoms with van der Waals surface area (Å²) in [5.41, 5.74) is 2.25. The summed E-state index contributed by atoms with van der Waals surface area (Å²) >= 11 is 0. The monoisotopic (exact) mass is 338 g/mol. The van der Waals surface area contributed by atoms with E-state index in [9.17, 15) is 0 Å². The number of aromatic nitrogens is 5. The fraction of sp³-hybridized carbons (Fsp3) is 0.444. The van der Waals surface area contributed by atoms with Gasteiger partial charge in [0.2, 0.25) is 0 Å². The zero-order chi connectivity index (χ0) is 17.4. The van der Waals surface area contributed by atoms with E-state index in [1.54, 1.807) is 6.33 Å². The van der Waals surface area contributed by atoms with Gasteiger partial charge in [-0.1, -0.05) is 19.9 Å². The molecule has 0 spiro atoms. The molecule has 7 heteroatoms. The first-order valence-corrected chi connectivity index (χ1v) is 8.62. The average Bonchev–Trinajstić information content (AvgIpc) is 3.07. The molecular formula is C18H22N6O. The average molecular weight is 338 g/mol. The van der Waals surface area contributed by atoms with Gasteiger partial charge in [-0.3, -0.25) is 5.10 Å². The number of ether oxygens (including phenoxy) is 1. The molecule has 0 bridgehead atoms. The van der Waals surface area contributed by atoms with Crippen LogP contribution in [-0.2, 0) is 4.74 Å². The number of H-pyrrole nitrogens is 1. The van der Waals surface area contributed by atoms with Crippen molar-refractivity contribution in [1.82, 2.24) is 25.1 Å². The van der Waals surface area contributed by atoms with Crippen molar-refractivity contribution in [2.45, 2.75) is 32.8 Å². The van der Waals surface area contributed by atoms with E-state index in [-0.39, 0.29) is 6.10 Å². The molecule has 0 saturated carbocycles. The van der Waals surface area contributed by atoms with Gasteiger partial charge in [0.05, 0.1) is 18.7 Å². The molecule has 0 radical (unpaired) electrons. The van der Waals surface area contributed by atoms with Crippen LogP contribution in [0.5, 0.6) is 0 Å². The quantitative estimate of drug-likeness (QED) is 0.791. The zero-order valence-corrected chi connectivity index (χ0v) is 14.7. The van der Waals surface area contributed by atoms with Crippen LogP contribution in [0, 0.1) is 6.92 Å². The highest BCUT2D eigenvalue weighted by Gasteiger charge is 2.27. The van der Waals surface area contributed by atoms with Gasteiger partial charge in [-0.2, -0.15) is 5.10 Å². The molecule has 130 valence electrons. The standard InChI is InChI=1S/C18H22N6O/c1-11(2)13-4-5-15-14(8-13)18(20-10-19-15)24-6-7-25-16(9-24)17-21-12(3)22-23-17/h4-5,8,10-11,16H,6-7,9H2,1-3H3,(H,21,22,23). The first-order valence-electron chi connectivity index (χ1n) is 8.62. The van der Waals surface area contributed by atoms with E-state index in [1.165, 1.54) is 5.56 Å². The molecule has 1 atom stereocenters. The van der Waals surface area contributed by atoms with Gasteiger partial charge in [0.15, 0.2) is 5.82 Å². The molecule has 1 saturated heterocycles. The lowest BCUT2D eigenvalue weighted by Crippen LogP contribution is -2.39. The summed E-state index contributed by atoms with van der Waals surface area (Å²) in [6, 6.07) is 6.42. The second-order valence-electron chi connectivity index (χ2n) is 6.71. The van der Waals surface area contributed by atoms with Crippen LogP contribution in [0.4, 0.5) is 5.82 Å². The van der Waals surface area contributed by atoms with Crippen LogP contribution >= 0.6 is 0 Å². The Hall–Kier alpha value is -2.54. The molecule has 1 aliphatic heterocycles. The highest BCUT2D eigenvalue weighted by molar-refractivity contribution is 5.90. The van der Waals surface area contributed by atoms with Gasteiger partial charge in [0.1, 0.15) is 24.1 Å². The molecule has 2 aromatic heterocycles. The minimum Gasteiger partial charge on any atom is -0.366 e. The molecule has 1 unspecified atom stereocenters. The summed E-state index contributed by atoms with van der Waals surface area (Å²) in [5, 5.41) is 8.22. The summed E-state index contributed by atoms with van der Waals surface area (Å²) < 4.78 is 5.87. The van der Waals surface area contributed by atoms with Gasteiger partial charge in [0.25, 0.3) is 0 Å². The molecule has 7 nitrogen and oxygen atoms in total. The van der Waals surface area contributed by atoms with E-state index in [2.05, 4.69) is 62.1 Å².